The molecule has 30 heavy (non-hydrogen) atoms. The molecule has 1 amide bonds. The topological polar surface area (TPSA) is 72.3 Å². The third-order valence-corrected chi connectivity index (χ3v) is 5.59. The summed E-state index contributed by atoms with van der Waals surface area (Å²) in [6, 6.07) is 3.22. The van der Waals surface area contributed by atoms with Crippen LogP contribution < -0.4 is 10.1 Å². The third kappa shape index (κ3) is 4.36. The number of piperidine rings is 1. The van der Waals surface area contributed by atoms with Gasteiger partial charge in [-0.2, -0.15) is 18.3 Å². The van der Waals surface area contributed by atoms with E-state index in [2.05, 4.69) is 15.4 Å². The van der Waals surface area contributed by atoms with Crippen LogP contribution in [0.5, 0.6) is 5.75 Å². The summed E-state index contributed by atoms with van der Waals surface area (Å²) in [6.07, 6.45) is 0.277. The summed E-state index contributed by atoms with van der Waals surface area (Å²) in [6.45, 7) is 2.64. The smallest absolute Gasteiger partial charge is 0.410 e. The number of amides is 1. The van der Waals surface area contributed by atoms with Gasteiger partial charge in [-0.3, -0.25) is 9.78 Å². The van der Waals surface area contributed by atoms with Crippen LogP contribution in [0.15, 0.2) is 30.6 Å². The van der Waals surface area contributed by atoms with Gasteiger partial charge in [-0.25, -0.2) is 4.68 Å². The number of nitrogens with one attached hydrogen (secondary N) is 1. The quantitative estimate of drug-likeness (QED) is 0.817. The fourth-order valence-electron chi connectivity index (χ4n) is 4.09. The van der Waals surface area contributed by atoms with Crippen molar-refractivity contribution in [3.63, 3.8) is 0 Å². The van der Waals surface area contributed by atoms with Crippen LogP contribution in [0, 0.1) is 0 Å². The van der Waals surface area contributed by atoms with E-state index in [1.54, 1.807) is 36.2 Å². The van der Waals surface area contributed by atoms with Crippen molar-refractivity contribution in [2.45, 2.75) is 50.4 Å². The summed E-state index contributed by atoms with van der Waals surface area (Å²) >= 11 is 0. The summed E-state index contributed by atoms with van der Waals surface area (Å²) in [5.41, 5.74) is 0.589. The van der Waals surface area contributed by atoms with Gasteiger partial charge in [0.2, 0.25) is 0 Å². The Bertz CT molecular complexity index is 886. The Kier molecular flexibility index (Phi) is 5.57. The second-order valence-electron chi connectivity index (χ2n) is 7.89. The van der Waals surface area contributed by atoms with Crippen molar-refractivity contribution < 1.29 is 22.7 Å². The average Bonchev–Trinajstić information content (AvgIpc) is 3.15. The number of aromatic nitrogens is 3. The number of pyridine rings is 1. The molecule has 0 unspecified atom stereocenters. The highest BCUT2D eigenvalue weighted by Crippen LogP contribution is 2.40. The summed E-state index contributed by atoms with van der Waals surface area (Å²) < 4.78 is 47.0. The van der Waals surface area contributed by atoms with Crippen molar-refractivity contribution in [3.8, 4) is 5.75 Å². The molecule has 0 saturated carbocycles. The SMILES string of the molecule is C[C@@H]1C[C@H](C(F)(F)F)n2nc([C@@H]3CCCN(C(=O)COc4cccnc4)C3)cc2N1. The average molecular weight is 423 g/mol. The first kappa shape index (κ1) is 20.5. The maximum Gasteiger partial charge on any atom is 0.410 e. The Labute approximate surface area is 172 Å². The van der Waals surface area contributed by atoms with E-state index in [-0.39, 0.29) is 30.9 Å². The van der Waals surface area contributed by atoms with Crippen LogP contribution in [-0.2, 0) is 4.79 Å². The van der Waals surface area contributed by atoms with Crippen molar-refractivity contribution in [2.75, 3.05) is 25.0 Å². The van der Waals surface area contributed by atoms with Crippen LogP contribution in [0.25, 0.3) is 0 Å². The van der Waals surface area contributed by atoms with Crippen molar-refractivity contribution in [1.29, 1.82) is 0 Å². The molecule has 0 aromatic carbocycles. The largest absolute Gasteiger partial charge is 0.482 e. The zero-order valence-corrected chi connectivity index (χ0v) is 16.6. The number of fused-ring (bicyclic) bond motifs is 1. The highest BCUT2D eigenvalue weighted by Gasteiger charge is 2.45. The monoisotopic (exact) mass is 423 g/mol. The molecule has 4 rings (SSSR count). The molecule has 10 heteroatoms. The number of hydrogen-bond donors (Lipinski definition) is 1. The number of hydrogen-bond acceptors (Lipinski definition) is 5. The second kappa shape index (κ2) is 8.16. The number of likely N-dealkylation sites (tertiary alicyclic amines) is 1. The van der Waals surface area contributed by atoms with Gasteiger partial charge in [0.15, 0.2) is 12.6 Å². The Morgan fingerprint density at radius 1 is 1.40 bits per heavy atom. The molecule has 1 N–H and O–H groups in total. The minimum Gasteiger partial charge on any atom is -0.482 e. The first-order valence-corrected chi connectivity index (χ1v) is 10.0. The first-order valence-electron chi connectivity index (χ1n) is 10.0. The van der Waals surface area contributed by atoms with E-state index in [4.69, 9.17) is 4.74 Å². The molecule has 4 heterocycles. The van der Waals surface area contributed by atoms with Gasteiger partial charge in [-0.15, -0.1) is 0 Å². The molecule has 1 fully saturated rings. The molecule has 3 atom stereocenters. The van der Waals surface area contributed by atoms with E-state index in [1.165, 1.54) is 6.20 Å². The molecule has 7 nitrogen and oxygen atoms in total. The molecule has 2 aliphatic rings. The van der Waals surface area contributed by atoms with Crippen molar-refractivity contribution in [2.24, 2.45) is 0 Å². The third-order valence-electron chi connectivity index (χ3n) is 5.59. The maximum atomic E-state index is 13.5. The van der Waals surface area contributed by atoms with Crippen LogP contribution in [0.3, 0.4) is 0 Å². The van der Waals surface area contributed by atoms with E-state index >= 15 is 0 Å². The fraction of sp³-hybridized carbons (Fsp3) is 0.550. The van der Waals surface area contributed by atoms with Crippen LogP contribution in [-0.4, -0.2) is 57.5 Å². The lowest BCUT2D eigenvalue weighted by molar-refractivity contribution is -0.173. The second-order valence-corrected chi connectivity index (χ2v) is 7.89. The molecule has 162 valence electrons. The summed E-state index contributed by atoms with van der Waals surface area (Å²) in [4.78, 5) is 18.2. The lowest BCUT2D eigenvalue weighted by Crippen LogP contribution is -2.41. The lowest BCUT2D eigenvalue weighted by atomic mass is 9.95. The number of halogens is 3. The normalized spacial score (nSPS) is 24.1. The number of nitrogens with zero attached hydrogens (tertiary/aromatic N) is 4. The van der Waals surface area contributed by atoms with Gasteiger partial charge in [0.1, 0.15) is 11.6 Å². The van der Waals surface area contributed by atoms with Gasteiger partial charge < -0.3 is 15.0 Å². The molecule has 2 aromatic rings. The van der Waals surface area contributed by atoms with E-state index < -0.39 is 12.2 Å². The number of alkyl halides is 3. The fourth-order valence-corrected chi connectivity index (χ4v) is 4.09. The van der Waals surface area contributed by atoms with E-state index in [0.717, 1.165) is 17.5 Å². The molecule has 1 saturated heterocycles. The molecule has 0 spiro atoms. The lowest BCUT2D eigenvalue weighted by Gasteiger charge is -2.32. The van der Waals surface area contributed by atoms with Crippen LogP contribution in [0.1, 0.15) is 43.8 Å². The molecule has 0 aliphatic carbocycles. The summed E-state index contributed by atoms with van der Waals surface area (Å²) in [7, 11) is 0. The summed E-state index contributed by atoms with van der Waals surface area (Å²) in [5.74, 6) is 0.631. The predicted molar refractivity (Wildman–Crippen MR) is 103 cm³/mol. The number of carbonyl (C=O) groups excluding carboxylic acids is 1. The molecule has 0 radical (unpaired) electrons. The van der Waals surface area contributed by atoms with Crippen molar-refractivity contribution >= 4 is 11.7 Å². The van der Waals surface area contributed by atoms with Crippen LogP contribution in [0.2, 0.25) is 0 Å². The molecule has 0 bridgehead atoms. The van der Waals surface area contributed by atoms with E-state index in [1.807, 2.05) is 0 Å². The summed E-state index contributed by atoms with van der Waals surface area (Å²) in [5, 5.41) is 7.39. The number of rotatable bonds is 4. The van der Waals surface area contributed by atoms with Crippen molar-refractivity contribution in [3.05, 3.63) is 36.3 Å². The minimum absolute atomic E-state index is 0.0570. The predicted octanol–water partition coefficient (Wildman–Crippen LogP) is 3.37. The van der Waals surface area contributed by atoms with E-state index in [9.17, 15) is 18.0 Å². The standard InChI is InChI=1S/C20H24F3N5O2/c1-13-8-17(20(21,22)23)28-18(25-13)9-16(26-28)14-4-3-7-27(11-14)19(29)12-30-15-5-2-6-24-10-15/h2,5-6,9-10,13-14,17,25H,3-4,7-8,11-12H2,1H3/t13-,14-,17-/m1/s1. The zero-order valence-electron chi connectivity index (χ0n) is 16.6. The minimum atomic E-state index is -4.35. The molecule has 2 aliphatic heterocycles. The highest BCUT2D eigenvalue weighted by molar-refractivity contribution is 5.78. The van der Waals surface area contributed by atoms with Gasteiger partial charge in [0.05, 0.1) is 11.9 Å². The van der Waals surface area contributed by atoms with Crippen molar-refractivity contribution in [1.82, 2.24) is 19.7 Å². The van der Waals surface area contributed by atoms with Gasteiger partial charge >= 0.3 is 6.18 Å². The van der Waals surface area contributed by atoms with Gasteiger partial charge in [0.25, 0.3) is 5.91 Å². The zero-order chi connectivity index (χ0) is 21.3. The van der Waals surface area contributed by atoms with Crippen LogP contribution in [0.4, 0.5) is 19.0 Å². The molecular weight excluding hydrogens is 399 g/mol. The molecule has 2 aromatic heterocycles. The molecular formula is C20H24F3N5O2. The van der Waals surface area contributed by atoms with E-state index in [0.29, 0.717) is 30.4 Å². The Hall–Kier alpha value is -2.78. The Morgan fingerprint density at radius 2 is 2.23 bits per heavy atom. The number of anilines is 1. The Morgan fingerprint density at radius 3 is 2.97 bits per heavy atom. The first-order chi connectivity index (χ1) is 14.3. The Balaban J connectivity index is 1.44. The number of ether oxygens (including phenoxy) is 1. The maximum absolute atomic E-state index is 13.5. The van der Waals surface area contributed by atoms with Gasteiger partial charge in [0, 0.05) is 37.3 Å². The number of carbonyl (C=O) groups is 1. The van der Waals surface area contributed by atoms with Gasteiger partial charge in [-0.1, -0.05) is 0 Å². The van der Waals surface area contributed by atoms with Gasteiger partial charge in [-0.05, 0) is 38.3 Å². The highest BCUT2D eigenvalue weighted by atomic mass is 19.4. The van der Waals surface area contributed by atoms with Crippen LogP contribution >= 0.6 is 0 Å².